The van der Waals surface area contributed by atoms with Gasteiger partial charge in [0, 0.05) is 6.04 Å². The van der Waals surface area contributed by atoms with Crippen molar-refractivity contribution in [3.8, 4) is 0 Å². The molecule has 0 aromatic heterocycles. The maximum absolute atomic E-state index is 6.22. The summed E-state index contributed by atoms with van der Waals surface area (Å²) in [6.07, 6.45) is 7.05. The molecule has 13 heavy (non-hydrogen) atoms. The van der Waals surface area contributed by atoms with Crippen LogP contribution in [0.1, 0.15) is 46.0 Å². The highest BCUT2D eigenvalue weighted by atomic mass is 14.7. The summed E-state index contributed by atoms with van der Waals surface area (Å²) in [6, 6.07) is 0.526. The van der Waals surface area contributed by atoms with Crippen LogP contribution in [0, 0.1) is 23.7 Å². The van der Waals surface area contributed by atoms with Gasteiger partial charge in [0.1, 0.15) is 0 Å². The van der Waals surface area contributed by atoms with Crippen molar-refractivity contribution in [3.63, 3.8) is 0 Å². The van der Waals surface area contributed by atoms with E-state index in [-0.39, 0.29) is 0 Å². The van der Waals surface area contributed by atoms with Gasteiger partial charge in [-0.3, -0.25) is 0 Å². The molecule has 1 heteroatoms. The molecule has 0 aromatic carbocycles. The molecule has 2 N–H and O–H groups in total. The Bertz CT molecular complexity index is 174. The molecular weight excluding hydrogens is 158 g/mol. The van der Waals surface area contributed by atoms with Crippen molar-refractivity contribution in [2.45, 2.75) is 52.0 Å². The van der Waals surface area contributed by atoms with Gasteiger partial charge in [-0.2, -0.15) is 0 Å². The van der Waals surface area contributed by atoms with Crippen LogP contribution in [0.15, 0.2) is 0 Å². The topological polar surface area (TPSA) is 26.0 Å². The van der Waals surface area contributed by atoms with Gasteiger partial charge in [0.2, 0.25) is 0 Å². The predicted molar refractivity (Wildman–Crippen MR) is 56.4 cm³/mol. The number of fused-ring (bicyclic) bond motifs is 1. The standard InChI is InChI=1S/C12H23N/c1-8(2)10-5-3-4-9-6-7-11(13)12(9)10/h8-12H,3-7,13H2,1-2H3. The van der Waals surface area contributed by atoms with E-state index in [9.17, 15) is 0 Å². The van der Waals surface area contributed by atoms with Crippen LogP contribution in [-0.2, 0) is 0 Å². The maximum atomic E-state index is 6.22. The molecule has 2 aliphatic carbocycles. The fourth-order valence-electron chi connectivity index (χ4n) is 3.73. The highest BCUT2D eigenvalue weighted by molar-refractivity contribution is 4.94. The van der Waals surface area contributed by atoms with Crippen LogP contribution in [0.25, 0.3) is 0 Å². The number of nitrogens with two attached hydrogens (primary N) is 1. The van der Waals surface area contributed by atoms with E-state index in [2.05, 4.69) is 13.8 Å². The normalized spacial score (nSPS) is 45.2. The second-order valence-corrected chi connectivity index (χ2v) is 5.42. The van der Waals surface area contributed by atoms with Crippen molar-refractivity contribution in [2.24, 2.45) is 29.4 Å². The maximum Gasteiger partial charge on any atom is 0.00726 e. The lowest BCUT2D eigenvalue weighted by atomic mass is 9.68. The first-order valence-electron chi connectivity index (χ1n) is 5.95. The third-order valence-electron chi connectivity index (χ3n) is 4.37. The fraction of sp³-hybridized carbons (Fsp3) is 1.00. The van der Waals surface area contributed by atoms with Crippen LogP contribution in [0.3, 0.4) is 0 Å². The summed E-state index contributed by atoms with van der Waals surface area (Å²) in [6.45, 7) is 4.75. The van der Waals surface area contributed by atoms with Crippen LogP contribution in [0.4, 0.5) is 0 Å². The smallest absolute Gasteiger partial charge is 0.00726 e. The average molecular weight is 181 g/mol. The van der Waals surface area contributed by atoms with Crippen molar-refractivity contribution >= 4 is 0 Å². The quantitative estimate of drug-likeness (QED) is 0.661. The Morgan fingerprint density at radius 3 is 2.54 bits per heavy atom. The molecule has 1 nitrogen and oxygen atoms in total. The van der Waals surface area contributed by atoms with Gasteiger partial charge < -0.3 is 5.73 Å². The zero-order valence-electron chi connectivity index (χ0n) is 9.00. The Morgan fingerprint density at radius 1 is 1.08 bits per heavy atom. The Morgan fingerprint density at radius 2 is 1.85 bits per heavy atom. The molecule has 0 amide bonds. The van der Waals surface area contributed by atoms with Crippen molar-refractivity contribution in [3.05, 3.63) is 0 Å². The lowest BCUT2D eigenvalue weighted by Gasteiger charge is -2.38. The summed E-state index contributed by atoms with van der Waals surface area (Å²) >= 11 is 0. The summed E-state index contributed by atoms with van der Waals surface area (Å²) in [5.41, 5.74) is 6.22. The van der Waals surface area contributed by atoms with Crippen molar-refractivity contribution in [1.29, 1.82) is 0 Å². The first kappa shape index (κ1) is 9.51. The summed E-state index contributed by atoms with van der Waals surface area (Å²) in [7, 11) is 0. The Labute approximate surface area is 82.1 Å². The highest BCUT2D eigenvalue weighted by Gasteiger charge is 2.42. The largest absolute Gasteiger partial charge is 0.327 e. The van der Waals surface area contributed by atoms with E-state index >= 15 is 0 Å². The minimum atomic E-state index is 0.526. The number of rotatable bonds is 1. The Balaban J connectivity index is 2.10. The van der Waals surface area contributed by atoms with E-state index in [1.165, 1.54) is 32.1 Å². The van der Waals surface area contributed by atoms with Crippen molar-refractivity contribution in [1.82, 2.24) is 0 Å². The fourth-order valence-corrected chi connectivity index (χ4v) is 3.73. The lowest BCUT2D eigenvalue weighted by molar-refractivity contribution is 0.126. The second-order valence-electron chi connectivity index (χ2n) is 5.42. The summed E-state index contributed by atoms with van der Waals surface area (Å²) in [4.78, 5) is 0. The zero-order chi connectivity index (χ0) is 9.42. The van der Waals surface area contributed by atoms with Gasteiger partial charge in [-0.1, -0.05) is 26.7 Å². The molecule has 2 aliphatic rings. The Hall–Kier alpha value is -0.0400. The van der Waals surface area contributed by atoms with Gasteiger partial charge in [-0.15, -0.1) is 0 Å². The van der Waals surface area contributed by atoms with E-state index in [4.69, 9.17) is 5.73 Å². The molecule has 2 saturated carbocycles. The predicted octanol–water partition coefficient (Wildman–Crippen LogP) is 2.80. The van der Waals surface area contributed by atoms with Crippen molar-refractivity contribution < 1.29 is 0 Å². The van der Waals surface area contributed by atoms with Crippen LogP contribution in [0.2, 0.25) is 0 Å². The molecule has 2 rings (SSSR count). The highest BCUT2D eigenvalue weighted by Crippen LogP contribution is 2.47. The van der Waals surface area contributed by atoms with Gasteiger partial charge in [0.05, 0.1) is 0 Å². The van der Waals surface area contributed by atoms with E-state index < -0.39 is 0 Å². The van der Waals surface area contributed by atoms with Gasteiger partial charge >= 0.3 is 0 Å². The molecule has 0 saturated heterocycles. The lowest BCUT2D eigenvalue weighted by Crippen LogP contribution is -2.38. The van der Waals surface area contributed by atoms with E-state index in [0.717, 1.165) is 23.7 Å². The minimum Gasteiger partial charge on any atom is -0.327 e. The minimum absolute atomic E-state index is 0.526. The molecule has 0 bridgehead atoms. The van der Waals surface area contributed by atoms with Crippen molar-refractivity contribution in [2.75, 3.05) is 0 Å². The third-order valence-corrected chi connectivity index (χ3v) is 4.37. The van der Waals surface area contributed by atoms with Gasteiger partial charge in [0.15, 0.2) is 0 Å². The number of hydrogen-bond acceptors (Lipinski definition) is 1. The number of hydrogen-bond donors (Lipinski definition) is 1. The average Bonchev–Trinajstić information content (AvgIpc) is 2.48. The summed E-state index contributed by atoms with van der Waals surface area (Å²) in [5, 5.41) is 0. The van der Waals surface area contributed by atoms with E-state index in [1.807, 2.05) is 0 Å². The van der Waals surface area contributed by atoms with Gasteiger partial charge in [-0.25, -0.2) is 0 Å². The van der Waals surface area contributed by atoms with Crippen LogP contribution in [0.5, 0.6) is 0 Å². The molecule has 0 heterocycles. The van der Waals surface area contributed by atoms with Gasteiger partial charge in [-0.05, 0) is 42.9 Å². The second kappa shape index (κ2) is 3.61. The van der Waals surface area contributed by atoms with Crippen LogP contribution < -0.4 is 5.73 Å². The van der Waals surface area contributed by atoms with E-state index in [0.29, 0.717) is 6.04 Å². The summed E-state index contributed by atoms with van der Waals surface area (Å²) in [5.74, 6) is 3.62. The van der Waals surface area contributed by atoms with Crippen LogP contribution in [-0.4, -0.2) is 6.04 Å². The molecule has 4 atom stereocenters. The van der Waals surface area contributed by atoms with Gasteiger partial charge in [0.25, 0.3) is 0 Å². The molecule has 4 unspecified atom stereocenters. The molecule has 2 fully saturated rings. The molecular formula is C12H23N. The Kier molecular flexibility index (Phi) is 2.64. The molecule has 0 aliphatic heterocycles. The van der Waals surface area contributed by atoms with Crippen LogP contribution >= 0.6 is 0 Å². The monoisotopic (exact) mass is 181 g/mol. The first-order chi connectivity index (χ1) is 6.20. The SMILES string of the molecule is CC(C)C1CCCC2CCC(N)C21. The third kappa shape index (κ3) is 1.63. The zero-order valence-corrected chi connectivity index (χ0v) is 9.00. The first-order valence-corrected chi connectivity index (χ1v) is 5.95. The van der Waals surface area contributed by atoms with E-state index in [1.54, 1.807) is 0 Å². The molecule has 0 aromatic rings. The molecule has 76 valence electrons. The molecule has 0 spiro atoms. The summed E-state index contributed by atoms with van der Waals surface area (Å²) < 4.78 is 0. The molecule has 0 radical (unpaired) electrons.